The normalized spacial score (nSPS) is 11.1. The van der Waals surface area contributed by atoms with Crippen LogP contribution in [0.15, 0.2) is 47.4 Å². The van der Waals surface area contributed by atoms with Gasteiger partial charge in [0.15, 0.2) is 0 Å². The molecule has 1 aromatic carbocycles. The fraction of sp³-hybridized carbons (Fsp3) is 0. The van der Waals surface area contributed by atoms with Gasteiger partial charge in [0.2, 0.25) is 0 Å². The molecule has 0 saturated heterocycles. The van der Waals surface area contributed by atoms with Crippen LogP contribution < -0.4 is 5.69 Å². The molecule has 0 bridgehead atoms. The van der Waals surface area contributed by atoms with Crippen LogP contribution in [0.4, 0.5) is 0 Å². The highest BCUT2D eigenvalue weighted by Crippen LogP contribution is 2.16. The SMILES string of the molecule is O=c1[nH]ccc2cc3ccccc3n12. The van der Waals surface area contributed by atoms with E-state index >= 15 is 0 Å². The molecule has 3 nitrogen and oxygen atoms in total. The Morgan fingerprint density at radius 1 is 1.14 bits per heavy atom. The molecule has 1 N–H and O–H groups in total. The van der Waals surface area contributed by atoms with E-state index in [2.05, 4.69) is 4.98 Å². The molecule has 0 aliphatic heterocycles. The summed E-state index contributed by atoms with van der Waals surface area (Å²) in [5.74, 6) is 0. The van der Waals surface area contributed by atoms with Gasteiger partial charge in [0.05, 0.1) is 11.0 Å². The lowest BCUT2D eigenvalue weighted by atomic mass is 10.2. The summed E-state index contributed by atoms with van der Waals surface area (Å²) in [7, 11) is 0. The van der Waals surface area contributed by atoms with Crippen molar-refractivity contribution >= 4 is 16.4 Å². The van der Waals surface area contributed by atoms with Crippen LogP contribution in [0.2, 0.25) is 0 Å². The van der Waals surface area contributed by atoms with Crippen LogP contribution in [0, 0.1) is 0 Å². The van der Waals surface area contributed by atoms with Crippen molar-refractivity contribution in [2.24, 2.45) is 0 Å². The highest BCUT2D eigenvalue weighted by atomic mass is 16.1. The van der Waals surface area contributed by atoms with Crippen LogP contribution in [0.25, 0.3) is 16.4 Å². The average molecular weight is 184 g/mol. The summed E-state index contributed by atoms with van der Waals surface area (Å²) >= 11 is 0. The molecule has 0 spiro atoms. The summed E-state index contributed by atoms with van der Waals surface area (Å²) in [6.07, 6.45) is 1.66. The zero-order valence-electron chi connectivity index (χ0n) is 7.40. The fourth-order valence-corrected chi connectivity index (χ4v) is 1.79. The van der Waals surface area contributed by atoms with Crippen LogP contribution in [0.1, 0.15) is 0 Å². The van der Waals surface area contributed by atoms with Crippen LogP contribution in [-0.4, -0.2) is 9.38 Å². The Kier molecular flexibility index (Phi) is 1.31. The Bertz CT molecular complexity index is 663. The highest BCUT2D eigenvalue weighted by Gasteiger charge is 2.02. The zero-order valence-corrected chi connectivity index (χ0v) is 7.40. The number of hydrogen-bond donors (Lipinski definition) is 1. The second kappa shape index (κ2) is 2.48. The van der Waals surface area contributed by atoms with Crippen molar-refractivity contribution in [1.29, 1.82) is 0 Å². The van der Waals surface area contributed by atoms with Gasteiger partial charge in [-0.3, -0.25) is 4.40 Å². The molecule has 2 heterocycles. The largest absolute Gasteiger partial charge is 0.330 e. The third-order valence-electron chi connectivity index (χ3n) is 2.40. The monoisotopic (exact) mass is 184 g/mol. The Hall–Kier alpha value is -2.03. The number of hydrogen-bond acceptors (Lipinski definition) is 1. The van der Waals surface area contributed by atoms with E-state index in [1.807, 2.05) is 36.4 Å². The van der Waals surface area contributed by atoms with Gasteiger partial charge < -0.3 is 4.98 Å². The van der Waals surface area contributed by atoms with Crippen molar-refractivity contribution < 1.29 is 0 Å². The molecule has 0 radical (unpaired) electrons. The van der Waals surface area contributed by atoms with Gasteiger partial charge in [0, 0.05) is 11.6 Å². The lowest BCUT2D eigenvalue weighted by molar-refractivity contribution is 1.04. The van der Waals surface area contributed by atoms with Crippen molar-refractivity contribution in [3.05, 3.63) is 53.1 Å². The van der Waals surface area contributed by atoms with Crippen LogP contribution in [-0.2, 0) is 0 Å². The minimum absolute atomic E-state index is 0.0938. The van der Waals surface area contributed by atoms with Crippen LogP contribution in [0.5, 0.6) is 0 Å². The molecule has 0 amide bonds. The van der Waals surface area contributed by atoms with Gasteiger partial charge in [0.1, 0.15) is 0 Å². The van der Waals surface area contributed by atoms with Gasteiger partial charge in [-0.15, -0.1) is 0 Å². The number of para-hydroxylation sites is 1. The van der Waals surface area contributed by atoms with Crippen molar-refractivity contribution in [2.45, 2.75) is 0 Å². The van der Waals surface area contributed by atoms with Crippen LogP contribution in [0.3, 0.4) is 0 Å². The van der Waals surface area contributed by atoms with E-state index in [1.54, 1.807) is 10.6 Å². The summed E-state index contributed by atoms with van der Waals surface area (Å²) in [6.45, 7) is 0. The molecule has 2 aromatic heterocycles. The van der Waals surface area contributed by atoms with Gasteiger partial charge in [-0.25, -0.2) is 4.79 Å². The van der Waals surface area contributed by atoms with E-state index in [4.69, 9.17) is 0 Å². The van der Waals surface area contributed by atoms with E-state index in [9.17, 15) is 4.79 Å². The van der Waals surface area contributed by atoms with E-state index in [-0.39, 0.29) is 5.69 Å². The summed E-state index contributed by atoms with van der Waals surface area (Å²) in [6, 6.07) is 11.7. The molecule has 14 heavy (non-hydrogen) atoms. The molecular formula is C11H8N2O. The quantitative estimate of drug-likeness (QED) is 0.568. The van der Waals surface area contributed by atoms with Crippen molar-refractivity contribution in [3.8, 4) is 0 Å². The Labute approximate surface area is 79.6 Å². The van der Waals surface area contributed by atoms with Gasteiger partial charge in [-0.05, 0) is 18.2 Å². The topological polar surface area (TPSA) is 37.3 Å². The predicted octanol–water partition coefficient (Wildman–Crippen LogP) is 1.78. The summed E-state index contributed by atoms with van der Waals surface area (Å²) in [5.41, 5.74) is 1.78. The van der Waals surface area contributed by atoms with Crippen molar-refractivity contribution in [2.75, 3.05) is 0 Å². The minimum atomic E-state index is -0.0938. The lowest BCUT2D eigenvalue weighted by Gasteiger charge is -1.93. The first-order valence-corrected chi connectivity index (χ1v) is 4.44. The number of aromatic nitrogens is 2. The van der Waals surface area contributed by atoms with Crippen molar-refractivity contribution in [1.82, 2.24) is 9.38 Å². The fourth-order valence-electron chi connectivity index (χ4n) is 1.79. The lowest BCUT2D eigenvalue weighted by Crippen LogP contribution is -2.14. The number of benzene rings is 1. The van der Waals surface area contributed by atoms with Gasteiger partial charge >= 0.3 is 5.69 Å². The zero-order chi connectivity index (χ0) is 9.54. The number of H-pyrrole nitrogens is 1. The average Bonchev–Trinajstić information content (AvgIpc) is 2.57. The van der Waals surface area contributed by atoms with Crippen LogP contribution >= 0.6 is 0 Å². The van der Waals surface area contributed by atoms with Crippen molar-refractivity contribution in [3.63, 3.8) is 0 Å². The smallest absolute Gasteiger partial charge is 0.314 e. The second-order valence-corrected chi connectivity index (χ2v) is 3.25. The van der Waals surface area contributed by atoms with Gasteiger partial charge in [-0.2, -0.15) is 0 Å². The van der Waals surface area contributed by atoms with E-state index < -0.39 is 0 Å². The van der Waals surface area contributed by atoms with Gasteiger partial charge in [0.25, 0.3) is 0 Å². The molecule has 0 atom stereocenters. The first kappa shape index (κ1) is 7.38. The standard InChI is InChI=1S/C11H8N2O/c14-11-12-6-5-9-7-8-3-1-2-4-10(8)13(9)11/h1-7H,(H,12,14). The molecule has 0 aliphatic rings. The second-order valence-electron chi connectivity index (χ2n) is 3.25. The third-order valence-corrected chi connectivity index (χ3v) is 2.40. The highest BCUT2D eigenvalue weighted by molar-refractivity contribution is 5.86. The molecule has 0 unspecified atom stereocenters. The molecule has 0 saturated carbocycles. The number of aromatic amines is 1. The summed E-state index contributed by atoms with van der Waals surface area (Å²) in [5, 5.41) is 1.09. The Morgan fingerprint density at radius 2 is 2.00 bits per heavy atom. The first-order chi connectivity index (χ1) is 6.86. The van der Waals surface area contributed by atoms with E-state index in [1.165, 1.54) is 0 Å². The third kappa shape index (κ3) is 0.836. The van der Waals surface area contributed by atoms with E-state index in [0.717, 1.165) is 16.4 Å². The molecule has 3 rings (SSSR count). The molecule has 3 aromatic rings. The summed E-state index contributed by atoms with van der Waals surface area (Å²) in [4.78, 5) is 14.2. The molecule has 68 valence electrons. The Morgan fingerprint density at radius 3 is 2.93 bits per heavy atom. The maximum Gasteiger partial charge on any atom is 0.330 e. The van der Waals surface area contributed by atoms with Gasteiger partial charge in [-0.1, -0.05) is 18.2 Å². The number of nitrogens with zero attached hydrogens (tertiary/aromatic N) is 1. The molecule has 3 heteroatoms. The first-order valence-electron chi connectivity index (χ1n) is 4.44. The maximum absolute atomic E-state index is 11.6. The van der Waals surface area contributed by atoms with E-state index in [0.29, 0.717) is 0 Å². The number of nitrogens with one attached hydrogen (secondary N) is 1. The predicted molar refractivity (Wildman–Crippen MR) is 55.5 cm³/mol. The number of fused-ring (bicyclic) bond motifs is 3. The molecule has 0 aliphatic carbocycles. The molecular weight excluding hydrogens is 176 g/mol. The Balaban J connectivity index is 2.73. The molecule has 0 fully saturated rings. The number of rotatable bonds is 0. The minimum Gasteiger partial charge on any atom is -0.314 e. The maximum atomic E-state index is 11.6. The summed E-state index contributed by atoms with van der Waals surface area (Å²) < 4.78 is 1.68.